The molecule has 0 radical (unpaired) electrons. The van der Waals surface area contributed by atoms with Gasteiger partial charge < -0.3 is 0 Å². The van der Waals surface area contributed by atoms with Crippen LogP contribution in [0.5, 0.6) is 0 Å². The molecule has 5 heteroatoms. The van der Waals surface area contributed by atoms with Crippen LogP contribution in [0.25, 0.3) is 0 Å². The van der Waals surface area contributed by atoms with Gasteiger partial charge in [-0.2, -0.15) is 0 Å². The van der Waals surface area contributed by atoms with E-state index in [1.54, 1.807) is 12.1 Å². The fourth-order valence-corrected chi connectivity index (χ4v) is 2.07. The average molecular weight is 182 g/mol. The van der Waals surface area contributed by atoms with E-state index >= 15 is 0 Å². The van der Waals surface area contributed by atoms with E-state index in [9.17, 15) is 9.00 Å². The van der Waals surface area contributed by atoms with Crippen LogP contribution in [-0.2, 0) is 11.0 Å². The van der Waals surface area contributed by atoms with Gasteiger partial charge in [0.1, 0.15) is 0 Å². The molecule has 0 bridgehead atoms. The van der Waals surface area contributed by atoms with E-state index in [4.69, 9.17) is 0 Å². The van der Waals surface area contributed by atoms with Crippen LogP contribution >= 0.6 is 0 Å². The van der Waals surface area contributed by atoms with E-state index in [1.165, 1.54) is 17.5 Å². The molecule has 1 aromatic heterocycles. The molecule has 2 heterocycles. The lowest BCUT2D eigenvalue weighted by Gasteiger charge is -2.02. The largest absolute Gasteiger partial charge is 0.268 e. The van der Waals surface area contributed by atoms with Gasteiger partial charge in [-0.05, 0) is 12.1 Å². The zero-order chi connectivity index (χ0) is 8.72. The second-order valence-corrected chi connectivity index (χ2v) is 3.84. The normalized spacial score (nSPS) is 21.2. The Morgan fingerprint density at radius 3 is 3.00 bits per heavy atom. The van der Waals surface area contributed by atoms with Crippen molar-refractivity contribution >= 4 is 16.9 Å². The van der Waals surface area contributed by atoms with Crippen LogP contribution in [0.1, 0.15) is 10.4 Å². The van der Waals surface area contributed by atoms with Gasteiger partial charge in [-0.25, -0.2) is 9.19 Å². The number of rotatable bonds is 0. The summed E-state index contributed by atoms with van der Waals surface area (Å²) in [5.74, 6) is -0.226. The minimum absolute atomic E-state index is 0.226. The predicted octanol–water partition coefficient (Wildman–Crippen LogP) is 0.190. The van der Waals surface area contributed by atoms with Crippen LogP contribution in [0.4, 0.5) is 0 Å². The summed E-state index contributed by atoms with van der Waals surface area (Å²) in [5.41, 5.74) is 0.443. The summed E-state index contributed by atoms with van der Waals surface area (Å²) >= 11 is 0. The standard InChI is InChI=1S/C7H6N2O2S/c1-9-7(10)5-3-2-4-8-6(5)12(9)11/h2-4H,1H3. The third kappa shape index (κ3) is 0.797. The van der Waals surface area contributed by atoms with Gasteiger partial charge in [-0.3, -0.25) is 9.10 Å². The molecule has 4 nitrogen and oxygen atoms in total. The quantitative estimate of drug-likeness (QED) is 0.575. The molecule has 1 unspecified atom stereocenters. The second-order valence-electron chi connectivity index (χ2n) is 2.41. The lowest BCUT2D eigenvalue weighted by molar-refractivity contribution is 0.0894. The Kier molecular flexibility index (Phi) is 1.47. The summed E-state index contributed by atoms with van der Waals surface area (Å²) in [6.07, 6.45) is 1.53. The minimum Gasteiger partial charge on any atom is -0.268 e. The lowest BCUT2D eigenvalue weighted by Crippen LogP contribution is -2.20. The highest BCUT2D eigenvalue weighted by atomic mass is 32.2. The van der Waals surface area contributed by atoms with Gasteiger partial charge in [0, 0.05) is 13.2 Å². The van der Waals surface area contributed by atoms with Crippen LogP contribution in [-0.4, -0.2) is 26.5 Å². The van der Waals surface area contributed by atoms with Crippen LogP contribution < -0.4 is 0 Å². The Morgan fingerprint density at radius 1 is 1.58 bits per heavy atom. The fourth-order valence-electron chi connectivity index (χ4n) is 1.07. The molecule has 0 fully saturated rings. The number of nitrogens with zero attached hydrogens (tertiary/aromatic N) is 2. The highest BCUT2D eigenvalue weighted by Crippen LogP contribution is 2.22. The van der Waals surface area contributed by atoms with Gasteiger partial charge in [0.15, 0.2) is 16.0 Å². The summed E-state index contributed by atoms with van der Waals surface area (Å²) in [5, 5.41) is 0.366. The Balaban J connectivity index is 2.67. The van der Waals surface area contributed by atoms with E-state index in [0.29, 0.717) is 10.6 Å². The molecule has 2 rings (SSSR count). The molecule has 1 atom stereocenters. The number of pyridine rings is 1. The maximum Gasteiger partial charge on any atom is 0.268 e. The first-order valence-electron chi connectivity index (χ1n) is 3.37. The molecule has 1 amide bonds. The van der Waals surface area contributed by atoms with Crippen molar-refractivity contribution in [2.45, 2.75) is 5.03 Å². The monoisotopic (exact) mass is 182 g/mol. The van der Waals surface area contributed by atoms with Crippen molar-refractivity contribution in [3.8, 4) is 0 Å². The summed E-state index contributed by atoms with van der Waals surface area (Å²) in [7, 11) is 0.100. The van der Waals surface area contributed by atoms with Crippen LogP contribution in [0.15, 0.2) is 23.4 Å². The molecule has 0 saturated carbocycles. The van der Waals surface area contributed by atoms with Gasteiger partial charge in [0.05, 0.1) is 5.56 Å². The number of aromatic nitrogens is 1. The molecule has 0 aromatic carbocycles. The van der Waals surface area contributed by atoms with Crippen molar-refractivity contribution < 1.29 is 9.00 Å². The minimum atomic E-state index is -1.40. The summed E-state index contributed by atoms with van der Waals surface area (Å²) < 4.78 is 12.5. The Labute approximate surface area is 71.8 Å². The summed E-state index contributed by atoms with van der Waals surface area (Å²) in [6, 6.07) is 3.29. The van der Waals surface area contributed by atoms with E-state index in [1.807, 2.05) is 0 Å². The smallest absolute Gasteiger partial charge is 0.268 e. The molecule has 62 valence electrons. The third-order valence-electron chi connectivity index (χ3n) is 1.70. The van der Waals surface area contributed by atoms with E-state index < -0.39 is 11.0 Å². The van der Waals surface area contributed by atoms with Gasteiger partial charge in [-0.15, -0.1) is 0 Å². The van der Waals surface area contributed by atoms with Crippen LogP contribution in [0.3, 0.4) is 0 Å². The molecule has 1 aliphatic heterocycles. The Hall–Kier alpha value is -1.23. The number of hydrogen-bond acceptors (Lipinski definition) is 3. The Morgan fingerprint density at radius 2 is 2.33 bits per heavy atom. The maximum atomic E-state index is 11.4. The van der Waals surface area contributed by atoms with Gasteiger partial charge in [0.2, 0.25) is 0 Å². The predicted molar refractivity (Wildman–Crippen MR) is 42.7 cm³/mol. The number of fused-ring (bicyclic) bond motifs is 1. The van der Waals surface area contributed by atoms with Crippen molar-refractivity contribution in [1.29, 1.82) is 0 Å². The number of amides is 1. The zero-order valence-corrected chi connectivity index (χ0v) is 7.17. The van der Waals surface area contributed by atoms with Crippen molar-refractivity contribution in [2.24, 2.45) is 0 Å². The van der Waals surface area contributed by atoms with Gasteiger partial charge in [-0.1, -0.05) is 0 Å². The summed E-state index contributed by atoms with van der Waals surface area (Å²) in [4.78, 5) is 15.2. The lowest BCUT2D eigenvalue weighted by atomic mass is 10.3. The third-order valence-corrected chi connectivity index (χ3v) is 3.02. The molecule has 1 aliphatic rings. The number of carbonyl (C=O) groups is 1. The molecule has 0 N–H and O–H groups in total. The topological polar surface area (TPSA) is 50.3 Å². The SMILES string of the molecule is CN1C(=O)c2cccnc2S1=O. The van der Waals surface area contributed by atoms with Gasteiger partial charge in [0.25, 0.3) is 5.91 Å². The van der Waals surface area contributed by atoms with Gasteiger partial charge >= 0.3 is 0 Å². The highest BCUT2D eigenvalue weighted by molar-refractivity contribution is 7.83. The maximum absolute atomic E-state index is 11.4. The fraction of sp³-hybridized carbons (Fsp3) is 0.143. The molecule has 0 spiro atoms. The van der Waals surface area contributed by atoms with Crippen molar-refractivity contribution in [1.82, 2.24) is 9.29 Å². The summed E-state index contributed by atoms with van der Waals surface area (Å²) in [6.45, 7) is 0. The molecule has 0 aliphatic carbocycles. The van der Waals surface area contributed by atoms with Crippen molar-refractivity contribution in [3.63, 3.8) is 0 Å². The first kappa shape index (κ1) is 7.42. The molecule has 0 saturated heterocycles. The van der Waals surface area contributed by atoms with E-state index in [-0.39, 0.29) is 5.91 Å². The van der Waals surface area contributed by atoms with Crippen LogP contribution in [0.2, 0.25) is 0 Å². The van der Waals surface area contributed by atoms with Crippen molar-refractivity contribution in [3.05, 3.63) is 23.9 Å². The molecule has 12 heavy (non-hydrogen) atoms. The first-order valence-corrected chi connectivity index (χ1v) is 4.47. The molecular weight excluding hydrogens is 176 g/mol. The zero-order valence-electron chi connectivity index (χ0n) is 6.35. The van der Waals surface area contributed by atoms with E-state index in [2.05, 4.69) is 4.98 Å². The highest BCUT2D eigenvalue weighted by Gasteiger charge is 2.32. The van der Waals surface area contributed by atoms with Crippen molar-refractivity contribution in [2.75, 3.05) is 7.05 Å². The number of carbonyl (C=O) groups excluding carboxylic acids is 1. The molecular formula is C7H6N2O2S. The van der Waals surface area contributed by atoms with Crippen LogP contribution in [0, 0.1) is 0 Å². The first-order chi connectivity index (χ1) is 5.72. The van der Waals surface area contributed by atoms with E-state index in [0.717, 1.165) is 0 Å². The second kappa shape index (κ2) is 2.38. The average Bonchev–Trinajstić information content (AvgIpc) is 2.33. The molecule has 1 aromatic rings. The Bertz CT molecular complexity index is 342. The number of hydrogen-bond donors (Lipinski definition) is 0.